The predicted molar refractivity (Wildman–Crippen MR) is 74.0 cm³/mol. The maximum Gasteiger partial charge on any atom is 0.306 e. The average Bonchev–Trinajstić information content (AvgIpc) is 2.37. The lowest BCUT2D eigenvalue weighted by Gasteiger charge is -2.17. The fraction of sp³-hybridized carbons (Fsp3) is 0.462. The van der Waals surface area contributed by atoms with Crippen molar-refractivity contribution in [3.05, 3.63) is 34.1 Å². The molecule has 0 fully saturated rings. The summed E-state index contributed by atoms with van der Waals surface area (Å²) >= 11 is 0. The Bertz CT molecular complexity index is 506. The monoisotopic (exact) mass is 283 g/mol. The van der Waals surface area contributed by atoms with Crippen molar-refractivity contribution >= 4 is 17.3 Å². The molecule has 0 radical (unpaired) electrons. The Balaban J connectivity index is 2.60. The standard InChI is InChI=1S/C13H18FN3O3/c1-8(2)9(3)16-13(18)7-15-10-4-5-11(14)12(6-10)17(19)20/h4-6,8-9,15H,7H2,1-3H3,(H,16,18). The number of benzene rings is 1. The lowest BCUT2D eigenvalue weighted by Crippen LogP contribution is -2.39. The number of rotatable bonds is 6. The second-order valence-corrected chi connectivity index (χ2v) is 4.88. The van der Waals surface area contributed by atoms with Crippen LogP contribution in [0.5, 0.6) is 0 Å². The number of anilines is 1. The zero-order valence-corrected chi connectivity index (χ0v) is 11.6. The van der Waals surface area contributed by atoms with Gasteiger partial charge in [-0.1, -0.05) is 13.8 Å². The fourth-order valence-electron chi connectivity index (χ4n) is 1.42. The van der Waals surface area contributed by atoms with E-state index in [4.69, 9.17) is 0 Å². The molecule has 0 bridgehead atoms. The largest absolute Gasteiger partial charge is 0.376 e. The van der Waals surface area contributed by atoms with Gasteiger partial charge in [-0.25, -0.2) is 0 Å². The number of nitro groups is 1. The van der Waals surface area contributed by atoms with Crippen LogP contribution in [0.25, 0.3) is 0 Å². The fourth-order valence-corrected chi connectivity index (χ4v) is 1.42. The van der Waals surface area contributed by atoms with E-state index in [-0.39, 0.29) is 18.5 Å². The van der Waals surface area contributed by atoms with Gasteiger partial charge in [-0.15, -0.1) is 0 Å². The first kappa shape index (κ1) is 15.9. The topological polar surface area (TPSA) is 84.3 Å². The second kappa shape index (κ2) is 6.83. The van der Waals surface area contributed by atoms with Gasteiger partial charge >= 0.3 is 5.69 Å². The molecular formula is C13H18FN3O3. The molecule has 0 spiro atoms. The number of hydrogen-bond donors (Lipinski definition) is 2. The number of carbonyl (C=O) groups is 1. The van der Waals surface area contributed by atoms with Crippen LogP contribution < -0.4 is 10.6 Å². The van der Waals surface area contributed by atoms with Crippen LogP contribution in [0.15, 0.2) is 18.2 Å². The molecule has 0 saturated carbocycles. The molecule has 1 unspecified atom stereocenters. The van der Waals surface area contributed by atoms with Crippen molar-refractivity contribution < 1.29 is 14.1 Å². The van der Waals surface area contributed by atoms with Gasteiger partial charge in [0.25, 0.3) is 0 Å². The molecule has 0 aliphatic rings. The van der Waals surface area contributed by atoms with E-state index in [9.17, 15) is 19.3 Å². The Labute approximate surface area is 116 Å². The van der Waals surface area contributed by atoms with E-state index in [0.717, 1.165) is 12.1 Å². The Hall–Kier alpha value is -2.18. The highest BCUT2D eigenvalue weighted by Crippen LogP contribution is 2.21. The lowest BCUT2D eigenvalue weighted by atomic mass is 10.1. The van der Waals surface area contributed by atoms with Crippen molar-refractivity contribution in [2.45, 2.75) is 26.8 Å². The van der Waals surface area contributed by atoms with E-state index in [1.54, 1.807) is 0 Å². The Morgan fingerprint density at radius 2 is 2.05 bits per heavy atom. The van der Waals surface area contributed by atoms with Gasteiger partial charge in [0.15, 0.2) is 0 Å². The first-order valence-corrected chi connectivity index (χ1v) is 6.28. The average molecular weight is 283 g/mol. The van der Waals surface area contributed by atoms with E-state index in [2.05, 4.69) is 10.6 Å². The molecule has 1 rings (SSSR count). The summed E-state index contributed by atoms with van der Waals surface area (Å²) in [5.74, 6) is -0.817. The number of nitrogens with one attached hydrogen (secondary N) is 2. The third-order valence-corrected chi connectivity index (χ3v) is 2.98. The summed E-state index contributed by atoms with van der Waals surface area (Å²) in [5.41, 5.74) is -0.295. The zero-order valence-electron chi connectivity index (χ0n) is 11.6. The Morgan fingerprint density at radius 3 is 2.60 bits per heavy atom. The molecule has 0 saturated heterocycles. The quantitative estimate of drug-likeness (QED) is 0.619. The van der Waals surface area contributed by atoms with Gasteiger partial charge in [-0.3, -0.25) is 14.9 Å². The van der Waals surface area contributed by atoms with Gasteiger partial charge in [-0.2, -0.15) is 4.39 Å². The molecule has 20 heavy (non-hydrogen) atoms. The number of nitrogens with zero attached hydrogens (tertiary/aromatic N) is 1. The molecular weight excluding hydrogens is 265 g/mol. The third-order valence-electron chi connectivity index (χ3n) is 2.98. The smallest absolute Gasteiger partial charge is 0.306 e. The Kier molecular flexibility index (Phi) is 5.42. The zero-order chi connectivity index (χ0) is 15.3. The summed E-state index contributed by atoms with van der Waals surface area (Å²) in [6.07, 6.45) is 0. The normalized spacial score (nSPS) is 12.1. The summed E-state index contributed by atoms with van der Waals surface area (Å²) in [6, 6.07) is 3.44. The van der Waals surface area contributed by atoms with Crippen LogP contribution in [0.4, 0.5) is 15.8 Å². The van der Waals surface area contributed by atoms with E-state index in [0.29, 0.717) is 11.6 Å². The first-order chi connectivity index (χ1) is 9.31. The first-order valence-electron chi connectivity index (χ1n) is 6.28. The van der Waals surface area contributed by atoms with Gasteiger partial charge in [0, 0.05) is 17.8 Å². The number of carbonyl (C=O) groups excluding carboxylic acids is 1. The molecule has 7 heteroatoms. The molecule has 1 amide bonds. The maximum atomic E-state index is 13.1. The van der Waals surface area contributed by atoms with Crippen molar-refractivity contribution in [2.24, 2.45) is 5.92 Å². The van der Waals surface area contributed by atoms with Crippen LogP contribution >= 0.6 is 0 Å². The highest BCUT2D eigenvalue weighted by atomic mass is 19.1. The van der Waals surface area contributed by atoms with Crippen molar-refractivity contribution in [1.82, 2.24) is 5.32 Å². The number of nitro benzene ring substituents is 1. The van der Waals surface area contributed by atoms with Crippen molar-refractivity contribution in [3.8, 4) is 0 Å². The SMILES string of the molecule is CC(C)C(C)NC(=O)CNc1ccc(F)c([N+](=O)[O-])c1. The van der Waals surface area contributed by atoms with E-state index < -0.39 is 16.4 Å². The summed E-state index contributed by atoms with van der Waals surface area (Å²) in [6.45, 7) is 5.84. The minimum absolute atomic E-state index is 0.0279. The Morgan fingerprint density at radius 1 is 1.40 bits per heavy atom. The molecule has 0 aromatic heterocycles. The molecule has 0 heterocycles. The van der Waals surface area contributed by atoms with Gasteiger partial charge in [0.2, 0.25) is 11.7 Å². The summed E-state index contributed by atoms with van der Waals surface area (Å²) in [7, 11) is 0. The summed E-state index contributed by atoms with van der Waals surface area (Å²) in [4.78, 5) is 21.4. The van der Waals surface area contributed by atoms with Crippen LogP contribution in [0, 0.1) is 21.8 Å². The third kappa shape index (κ3) is 4.49. The number of halogens is 1. The maximum absolute atomic E-state index is 13.1. The van der Waals surface area contributed by atoms with Gasteiger partial charge < -0.3 is 10.6 Å². The van der Waals surface area contributed by atoms with E-state index >= 15 is 0 Å². The molecule has 1 aromatic carbocycles. The highest BCUT2D eigenvalue weighted by Gasteiger charge is 2.15. The van der Waals surface area contributed by atoms with E-state index in [1.807, 2.05) is 20.8 Å². The molecule has 1 atom stereocenters. The number of hydrogen-bond acceptors (Lipinski definition) is 4. The molecule has 1 aromatic rings. The summed E-state index contributed by atoms with van der Waals surface area (Å²) in [5, 5.41) is 16.1. The molecule has 2 N–H and O–H groups in total. The molecule has 110 valence electrons. The minimum Gasteiger partial charge on any atom is -0.376 e. The van der Waals surface area contributed by atoms with Crippen molar-refractivity contribution in [3.63, 3.8) is 0 Å². The van der Waals surface area contributed by atoms with Crippen LogP contribution in [0.2, 0.25) is 0 Å². The van der Waals surface area contributed by atoms with Crippen LogP contribution in [-0.2, 0) is 4.79 Å². The molecule has 0 aliphatic heterocycles. The minimum atomic E-state index is -0.904. The second-order valence-electron chi connectivity index (χ2n) is 4.88. The van der Waals surface area contributed by atoms with Crippen LogP contribution in [0.3, 0.4) is 0 Å². The lowest BCUT2D eigenvalue weighted by molar-refractivity contribution is -0.387. The van der Waals surface area contributed by atoms with Crippen LogP contribution in [0.1, 0.15) is 20.8 Å². The predicted octanol–water partition coefficient (Wildman–Crippen LogP) is 2.31. The van der Waals surface area contributed by atoms with E-state index in [1.165, 1.54) is 6.07 Å². The highest BCUT2D eigenvalue weighted by molar-refractivity contribution is 5.81. The van der Waals surface area contributed by atoms with Crippen molar-refractivity contribution in [2.75, 3.05) is 11.9 Å². The summed E-state index contributed by atoms with van der Waals surface area (Å²) < 4.78 is 13.1. The van der Waals surface area contributed by atoms with Gasteiger partial charge in [-0.05, 0) is 25.0 Å². The van der Waals surface area contributed by atoms with Crippen molar-refractivity contribution in [1.29, 1.82) is 0 Å². The van der Waals surface area contributed by atoms with Gasteiger partial charge in [0.1, 0.15) is 0 Å². The van der Waals surface area contributed by atoms with Gasteiger partial charge in [0.05, 0.1) is 11.5 Å². The molecule has 6 nitrogen and oxygen atoms in total. The van der Waals surface area contributed by atoms with Crippen LogP contribution in [-0.4, -0.2) is 23.4 Å². The molecule has 0 aliphatic carbocycles. The number of amides is 1.